The molecule has 2 aliphatic rings. The van der Waals surface area contributed by atoms with Crippen LogP contribution in [-0.2, 0) is 17.8 Å². The number of rotatable bonds is 4. The zero-order valence-electron chi connectivity index (χ0n) is 16.3. The lowest BCUT2D eigenvalue weighted by atomic mass is 9.80. The molecule has 0 radical (unpaired) electrons. The molecule has 0 unspecified atom stereocenters. The van der Waals surface area contributed by atoms with Crippen LogP contribution in [0, 0.1) is 11.8 Å². The predicted octanol–water partition coefficient (Wildman–Crippen LogP) is 3.01. The van der Waals surface area contributed by atoms with Crippen LogP contribution in [0.25, 0.3) is 0 Å². The smallest absolute Gasteiger partial charge is 0.242 e. The first-order valence-corrected chi connectivity index (χ1v) is 10.7. The van der Waals surface area contributed by atoms with Gasteiger partial charge in [-0.05, 0) is 60.9 Å². The Labute approximate surface area is 161 Å². The Morgan fingerprint density at radius 1 is 1.35 bits per heavy atom. The molecule has 5 nitrogen and oxygen atoms in total. The van der Waals surface area contributed by atoms with Gasteiger partial charge >= 0.3 is 0 Å². The van der Waals surface area contributed by atoms with Gasteiger partial charge in [0.05, 0.1) is 6.54 Å². The highest BCUT2D eigenvalue weighted by Gasteiger charge is 2.24. The van der Waals surface area contributed by atoms with Crippen LogP contribution in [0.4, 0.5) is 0 Å². The number of aliphatic imine (C=N–C) groups is 1. The molecule has 1 saturated carbocycles. The van der Waals surface area contributed by atoms with Crippen molar-refractivity contribution in [3.05, 3.63) is 21.9 Å². The molecule has 1 aliphatic carbocycles. The first kappa shape index (κ1) is 19.2. The lowest BCUT2D eigenvalue weighted by molar-refractivity contribution is -0.130. The molecule has 1 aliphatic heterocycles. The van der Waals surface area contributed by atoms with E-state index in [0.717, 1.165) is 37.3 Å². The molecule has 1 fully saturated rings. The molecule has 2 N–H and O–H groups in total. The van der Waals surface area contributed by atoms with Gasteiger partial charge in [0.2, 0.25) is 5.91 Å². The van der Waals surface area contributed by atoms with E-state index < -0.39 is 0 Å². The largest absolute Gasteiger partial charge is 0.354 e. The summed E-state index contributed by atoms with van der Waals surface area (Å²) in [6.45, 7) is 6.51. The van der Waals surface area contributed by atoms with Crippen LogP contribution in [-0.4, -0.2) is 42.9 Å². The van der Waals surface area contributed by atoms with Gasteiger partial charge in [0.15, 0.2) is 5.96 Å². The maximum absolute atomic E-state index is 12.5. The summed E-state index contributed by atoms with van der Waals surface area (Å²) >= 11 is 1.80. The summed E-state index contributed by atoms with van der Waals surface area (Å²) < 4.78 is 0. The number of hydrogen-bond acceptors (Lipinski definition) is 3. The van der Waals surface area contributed by atoms with Crippen LogP contribution in [0.2, 0.25) is 0 Å². The topological polar surface area (TPSA) is 56.7 Å². The highest BCUT2D eigenvalue weighted by Crippen LogP contribution is 2.29. The Bertz CT molecular complexity index is 632. The number of carbonyl (C=O) groups excluding carboxylic acids is 1. The fourth-order valence-electron chi connectivity index (χ4n) is 4.05. The fourth-order valence-corrected chi connectivity index (χ4v) is 4.94. The van der Waals surface area contributed by atoms with Gasteiger partial charge in [-0.25, -0.2) is 0 Å². The first-order chi connectivity index (χ1) is 12.6. The third kappa shape index (κ3) is 4.78. The van der Waals surface area contributed by atoms with Crippen molar-refractivity contribution < 1.29 is 4.79 Å². The number of nitrogens with one attached hydrogen (secondary N) is 2. The normalized spacial score (nSPS) is 23.7. The van der Waals surface area contributed by atoms with E-state index in [1.165, 1.54) is 36.1 Å². The van der Waals surface area contributed by atoms with Gasteiger partial charge in [-0.15, -0.1) is 11.3 Å². The molecule has 0 spiro atoms. The molecular formula is C20H32N4OS. The highest BCUT2D eigenvalue weighted by atomic mass is 32.1. The second-order valence-corrected chi connectivity index (χ2v) is 8.86. The molecule has 26 heavy (non-hydrogen) atoms. The number of nitrogens with zero attached hydrogens (tertiary/aromatic N) is 2. The Morgan fingerprint density at radius 3 is 2.81 bits per heavy atom. The Hall–Kier alpha value is -1.56. The van der Waals surface area contributed by atoms with Crippen LogP contribution >= 0.6 is 11.3 Å². The van der Waals surface area contributed by atoms with E-state index in [9.17, 15) is 4.79 Å². The SMILES string of the molecule is CN=C(NCC(=O)N1CCc2sccc2C1)NC1CCC(C(C)C)CC1. The van der Waals surface area contributed by atoms with E-state index in [1.807, 2.05) is 4.90 Å². The van der Waals surface area contributed by atoms with Crippen molar-refractivity contribution in [2.75, 3.05) is 20.1 Å². The van der Waals surface area contributed by atoms with Gasteiger partial charge in [-0.2, -0.15) is 0 Å². The van der Waals surface area contributed by atoms with Gasteiger partial charge < -0.3 is 15.5 Å². The lowest BCUT2D eigenvalue weighted by Crippen LogP contribution is -2.49. The first-order valence-electron chi connectivity index (χ1n) is 9.87. The van der Waals surface area contributed by atoms with Crippen LogP contribution < -0.4 is 10.6 Å². The minimum atomic E-state index is 0.147. The summed E-state index contributed by atoms with van der Waals surface area (Å²) in [5, 5.41) is 8.84. The summed E-state index contributed by atoms with van der Waals surface area (Å²) in [6, 6.07) is 2.61. The van der Waals surface area contributed by atoms with Crippen molar-refractivity contribution in [2.24, 2.45) is 16.8 Å². The highest BCUT2D eigenvalue weighted by molar-refractivity contribution is 7.10. The molecule has 1 aromatic heterocycles. The van der Waals surface area contributed by atoms with Gasteiger partial charge in [0.25, 0.3) is 0 Å². The zero-order chi connectivity index (χ0) is 18.5. The van der Waals surface area contributed by atoms with Gasteiger partial charge in [0.1, 0.15) is 0 Å². The summed E-state index contributed by atoms with van der Waals surface area (Å²) in [4.78, 5) is 20.2. The summed E-state index contributed by atoms with van der Waals surface area (Å²) in [6.07, 6.45) is 5.91. The van der Waals surface area contributed by atoms with E-state index in [1.54, 1.807) is 18.4 Å². The molecule has 0 saturated heterocycles. The average Bonchev–Trinajstić information content (AvgIpc) is 3.13. The molecule has 0 atom stereocenters. The average molecular weight is 377 g/mol. The van der Waals surface area contributed by atoms with E-state index in [0.29, 0.717) is 12.6 Å². The molecule has 0 aromatic carbocycles. The second kappa shape index (κ2) is 8.89. The van der Waals surface area contributed by atoms with Gasteiger partial charge in [-0.1, -0.05) is 13.8 Å². The van der Waals surface area contributed by atoms with Crippen molar-refractivity contribution in [1.82, 2.24) is 15.5 Å². The number of hydrogen-bond donors (Lipinski definition) is 2. The Morgan fingerprint density at radius 2 is 2.12 bits per heavy atom. The molecule has 0 bridgehead atoms. The van der Waals surface area contributed by atoms with Crippen LogP contribution in [0.5, 0.6) is 0 Å². The number of amides is 1. The number of fused-ring (bicyclic) bond motifs is 1. The fraction of sp³-hybridized carbons (Fsp3) is 0.700. The minimum absolute atomic E-state index is 0.147. The molecule has 6 heteroatoms. The number of guanidine groups is 1. The summed E-state index contributed by atoms with van der Waals surface area (Å²) in [5.74, 6) is 2.53. The van der Waals surface area contributed by atoms with E-state index in [4.69, 9.17) is 0 Å². The molecule has 2 heterocycles. The number of carbonyl (C=O) groups is 1. The Kier molecular flexibility index (Phi) is 6.57. The van der Waals surface area contributed by atoms with E-state index >= 15 is 0 Å². The van der Waals surface area contributed by atoms with E-state index in [-0.39, 0.29) is 5.91 Å². The lowest BCUT2D eigenvalue weighted by Gasteiger charge is -2.32. The zero-order valence-corrected chi connectivity index (χ0v) is 17.1. The molecule has 3 rings (SSSR count). The molecule has 144 valence electrons. The predicted molar refractivity (Wildman–Crippen MR) is 109 cm³/mol. The second-order valence-electron chi connectivity index (χ2n) is 7.86. The Balaban J connectivity index is 1.42. The summed E-state index contributed by atoms with van der Waals surface area (Å²) in [7, 11) is 1.78. The van der Waals surface area contributed by atoms with Gasteiger partial charge in [-0.3, -0.25) is 9.79 Å². The minimum Gasteiger partial charge on any atom is -0.354 e. The molecule has 1 amide bonds. The molecular weight excluding hydrogens is 344 g/mol. The molecule has 1 aromatic rings. The van der Waals surface area contributed by atoms with Crippen LogP contribution in [0.1, 0.15) is 50.0 Å². The quantitative estimate of drug-likeness (QED) is 0.627. The van der Waals surface area contributed by atoms with Crippen molar-refractivity contribution in [2.45, 2.75) is 58.5 Å². The van der Waals surface area contributed by atoms with Crippen LogP contribution in [0.3, 0.4) is 0 Å². The van der Waals surface area contributed by atoms with Crippen molar-refractivity contribution in [3.8, 4) is 0 Å². The van der Waals surface area contributed by atoms with Gasteiger partial charge in [0, 0.05) is 31.1 Å². The van der Waals surface area contributed by atoms with Crippen molar-refractivity contribution in [3.63, 3.8) is 0 Å². The van der Waals surface area contributed by atoms with Crippen molar-refractivity contribution >= 4 is 23.2 Å². The maximum Gasteiger partial charge on any atom is 0.242 e. The number of thiophene rings is 1. The summed E-state index contributed by atoms with van der Waals surface area (Å²) in [5.41, 5.74) is 1.30. The van der Waals surface area contributed by atoms with Crippen LogP contribution in [0.15, 0.2) is 16.4 Å². The maximum atomic E-state index is 12.5. The standard InChI is InChI=1S/C20H32N4OS/c1-14(2)15-4-6-17(7-5-15)23-20(21-3)22-12-19(25)24-10-8-18-16(13-24)9-11-26-18/h9,11,14-15,17H,4-8,10,12-13H2,1-3H3,(H2,21,22,23). The monoisotopic (exact) mass is 376 g/mol. The third-order valence-corrected chi connectivity index (χ3v) is 6.87. The third-order valence-electron chi connectivity index (χ3n) is 5.85. The van der Waals surface area contributed by atoms with E-state index in [2.05, 4.69) is 40.9 Å². The van der Waals surface area contributed by atoms with Crippen molar-refractivity contribution in [1.29, 1.82) is 0 Å².